The fraction of sp³-hybridized carbons (Fsp3) is 0.0800. The summed E-state index contributed by atoms with van der Waals surface area (Å²) < 4.78 is 0. The number of amides is 1. The first-order chi connectivity index (χ1) is 15.6. The Morgan fingerprint density at radius 3 is 1.97 bits per heavy atom. The van der Waals surface area contributed by atoms with Crippen molar-refractivity contribution in [3.05, 3.63) is 90.3 Å². The van der Waals surface area contributed by atoms with Gasteiger partial charge < -0.3 is 10.4 Å². The Balaban J connectivity index is 1.51. The summed E-state index contributed by atoms with van der Waals surface area (Å²) in [5, 5.41) is 13.8. The van der Waals surface area contributed by atoms with Crippen LogP contribution in [0.25, 0.3) is 32.8 Å². The summed E-state index contributed by atoms with van der Waals surface area (Å²) in [5.74, 6) is -1.61. The van der Waals surface area contributed by atoms with Crippen molar-refractivity contribution in [2.24, 2.45) is 0 Å². The number of fused-ring (bicyclic) bond motifs is 3. The van der Waals surface area contributed by atoms with E-state index in [0.29, 0.717) is 38.6 Å². The molecular weight excluding hydrogens is 404 g/mol. The van der Waals surface area contributed by atoms with E-state index in [1.165, 1.54) is 0 Å². The van der Waals surface area contributed by atoms with Crippen LogP contribution in [0.15, 0.2) is 79.0 Å². The molecule has 5 aromatic rings. The number of para-hydroxylation sites is 4. The molecule has 2 aromatic heterocycles. The number of hydrogen-bond acceptors (Lipinski definition) is 5. The largest absolute Gasteiger partial charge is 0.480 e. The number of rotatable bonds is 5. The maximum atomic E-state index is 13.4. The van der Waals surface area contributed by atoms with E-state index < -0.39 is 17.9 Å². The van der Waals surface area contributed by atoms with Crippen molar-refractivity contribution < 1.29 is 14.7 Å². The molecule has 156 valence electrons. The zero-order valence-corrected chi connectivity index (χ0v) is 16.9. The molecule has 7 heteroatoms. The van der Waals surface area contributed by atoms with Crippen LogP contribution in [0.2, 0.25) is 0 Å². The molecule has 0 radical (unpaired) electrons. The Kier molecular flexibility index (Phi) is 4.91. The second-order valence-corrected chi connectivity index (χ2v) is 7.44. The zero-order chi connectivity index (χ0) is 22.1. The number of carboxylic acids is 1. The zero-order valence-electron chi connectivity index (χ0n) is 16.9. The maximum absolute atomic E-state index is 13.4. The van der Waals surface area contributed by atoms with E-state index in [2.05, 4.69) is 20.3 Å². The Labute approximate surface area is 182 Å². The van der Waals surface area contributed by atoms with Crippen molar-refractivity contribution in [1.29, 1.82) is 0 Å². The van der Waals surface area contributed by atoms with Gasteiger partial charge in [-0.1, -0.05) is 48.5 Å². The molecule has 0 aliphatic carbocycles. The van der Waals surface area contributed by atoms with Crippen LogP contribution in [-0.2, 0) is 11.2 Å². The molecule has 1 amide bonds. The lowest BCUT2D eigenvalue weighted by atomic mass is 10.0. The number of benzene rings is 3. The van der Waals surface area contributed by atoms with E-state index in [0.717, 1.165) is 5.52 Å². The summed E-state index contributed by atoms with van der Waals surface area (Å²) >= 11 is 0. The average molecular weight is 422 g/mol. The molecule has 0 fully saturated rings. The number of nitrogens with one attached hydrogen (secondary N) is 1. The topological polar surface area (TPSA) is 105 Å². The Hall–Kier alpha value is -4.39. The third-order valence-electron chi connectivity index (χ3n) is 5.33. The molecule has 7 nitrogen and oxygen atoms in total. The van der Waals surface area contributed by atoms with E-state index in [1.807, 2.05) is 72.8 Å². The van der Waals surface area contributed by atoms with Crippen LogP contribution in [0.4, 0.5) is 0 Å². The maximum Gasteiger partial charge on any atom is 0.326 e. The number of carbonyl (C=O) groups excluding carboxylic acids is 1. The van der Waals surface area contributed by atoms with Crippen molar-refractivity contribution in [3.8, 4) is 0 Å². The minimum atomic E-state index is -1.16. The van der Waals surface area contributed by atoms with E-state index in [4.69, 9.17) is 0 Å². The first kappa shape index (κ1) is 19.6. The highest BCUT2D eigenvalue weighted by atomic mass is 16.4. The first-order valence-corrected chi connectivity index (χ1v) is 10.1. The van der Waals surface area contributed by atoms with E-state index in [-0.39, 0.29) is 6.42 Å². The molecule has 0 aliphatic rings. The van der Waals surface area contributed by atoms with Gasteiger partial charge >= 0.3 is 5.97 Å². The predicted octanol–water partition coefficient (Wildman–Crippen LogP) is 3.76. The monoisotopic (exact) mass is 422 g/mol. The highest BCUT2D eigenvalue weighted by Crippen LogP contribution is 2.26. The number of carboxylic acid groups (broad SMARTS) is 1. The quantitative estimate of drug-likeness (QED) is 0.418. The summed E-state index contributed by atoms with van der Waals surface area (Å²) in [6.45, 7) is 0. The number of nitrogens with zero attached hydrogens (tertiary/aromatic N) is 3. The summed E-state index contributed by atoms with van der Waals surface area (Å²) in [6.07, 6.45) is 1.56. The van der Waals surface area contributed by atoms with Crippen molar-refractivity contribution in [2.45, 2.75) is 12.5 Å². The van der Waals surface area contributed by atoms with Gasteiger partial charge in [-0.3, -0.25) is 9.78 Å². The summed E-state index contributed by atoms with van der Waals surface area (Å²) in [5.41, 5.74) is 3.63. The van der Waals surface area contributed by atoms with Gasteiger partial charge in [-0.05, 0) is 24.3 Å². The molecule has 0 unspecified atom stereocenters. The van der Waals surface area contributed by atoms with Crippen LogP contribution in [0.5, 0.6) is 0 Å². The summed E-state index contributed by atoms with van der Waals surface area (Å²) in [6, 6.07) is 20.8. The van der Waals surface area contributed by atoms with Crippen LogP contribution in [0, 0.1) is 0 Å². The van der Waals surface area contributed by atoms with Crippen LogP contribution in [0.1, 0.15) is 16.1 Å². The molecule has 0 spiro atoms. The number of aliphatic carboxylic acids is 1. The van der Waals surface area contributed by atoms with Crippen LogP contribution < -0.4 is 5.32 Å². The van der Waals surface area contributed by atoms with Gasteiger partial charge in [0.15, 0.2) is 0 Å². The van der Waals surface area contributed by atoms with Crippen LogP contribution in [-0.4, -0.2) is 38.0 Å². The van der Waals surface area contributed by atoms with Gasteiger partial charge in [-0.25, -0.2) is 14.8 Å². The second kappa shape index (κ2) is 8.03. The van der Waals surface area contributed by atoms with E-state index in [1.54, 1.807) is 6.20 Å². The molecule has 0 saturated heterocycles. The van der Waals surface area contributed by atoms with Crippen molar-refractivity contribution in [1.82, 2.24) is 20.3 Å². The second-order valence-electron chi connectivity index (χ2n) is 7.44. The Morgan fingerprint density at radius 1 is 0.781 bits per heavy atom. The van der Waals surface area contributed by atoms with Gasteiger partial charge in [-0.15, -0.1) is 0 Å². The SMILES string of the molecule is O=C(N[C@H](Cc1cnc2ccccc2n1)C(=O)O)c1c2ccccc2nc2ccccc12. The van der Waals surface area contributed by atoms with Gasteiger partial charge in [0.2, 0.25) is 0 Å². The number of carbonyl (C=O) groups is 2. The lowest BCUT2D eigenvalue weighted by molar-refractivity contribution is -0.139. The predicted molar refractivity (Wildman–Crippen MR) is 121 cm³/mol. The molecule has 32 heavy (non-hydrogen) atoms. The van der Waals surface area contributed by atoms with Gasteiger partial charge in [0.25, 0.3) is 5.91 Å². The Morgan fingerprint density at radius 2 is 1.34 bits per heavy atom. The lowest BCUT2D eigenvalue weighted by Crippen LogP contribution is -2.42. The fourth-order valence-corrected chi connectivity index (χ4v) is 3.82. The lowest BCUT2D eigenvalue weighted by Gasteiger charge is -2.16. The molecular formula is C25H18N4O3. The molecule has 2 heterocycles. The molecule has 0 saturated carbocycles. The highest BCUT2D eigenvalue weighted by Gasteiger charge is 2.24. The molecule has 5 rings (SSSR count). The third-order valence-corrected chi connectivity index (χ3v) is 5.33. The Bertz CT molecular complexity index is 1450. The number of pyridine rings is 1. The molecule has 0 bridgehead atoms. The minimum Gasteiger partial charge on any atom is -0.480 e. The molecule has 1 atom stereocenters. The van der Waals surface area contributed by atoms with Gasteiger partial charge in [0.05, 0.1) is 33.3 Å². The molecule has 2 N–H and O–H groups in total. The fourth-order valence-electron chi connectivity index (χ4n) is 3.82. The standard InChI is InChI=1S/C25H18N4O3/c30-24(23-16-7-1-3-9-18(16)28-19-10-4-2-8-17(19)23)29-22(25(31)32)13-15-14-26-20-11-5-6-12-21(20)27-15/h1-12,14,22H,13H2,(H,29,30)(H,31,32)/t22-/m1/s1. The highest BCUT2D eigenvalue weighted by molar-refractivity contribution is 6.16. The molecule has 0 aliphatic heterocycles. The van der Waals surface area contributed by atoms with Crippen molar-refractivity contribution >= 4 is 44.7 Å². The van der Waals surface area contributed by atoms with Crippen LogP contribution >= 0.6 is 0 Å². The van der Waals surface area contributed by atoms with Crippen molar-refractivity contribution in [2.75, 3.05) is 0 Å². The third kappa shape index (κ3) is 3.60. The molecule has 3 aromatic carbocycles. The summed E-state index contributed by atoms with van der Waals surface area (Å²) in [4.78, 5) is 38.8. The van der Waals surface area contributed by atoms with E-state index >= 15 is 0 Å². The van der Waals surface area contributed by atoms with E-state index in [9.17, 15) is 14.7 Å². The number of hydrogen-bond donors (Lipinski definition) is 2. The average Bonchev–Trinajstić information content (AvgIpc) is 2.81. The van der Waals surface area contributed by atoms with Gasteiger partial charge in [0, 0.05) is 23.4 Å². The van der Waals surface area contributed by atoms with Gasteiger partial charge in [0.1, 0.15) is 6.04 Å². The van der Waals surface area contributed by atoms with Crippen molar-refractivity contribution in [3.63, 3.8) is 0 Å². The first-order valence-electron chi connectivity index (χ1n) is 10.1. The van der Waals surface area contributed by atoms with Gasteiger partial charge in [-0.2, -0.15) is 0 Å². The number of aromatic nitrogens is 3. The van der Waals surface area contributed by atoms with Crippen LogP contribution in [0.3, 0.4) is 0 Å². The minimum absolute atomic E-state index is 0.0137. The normalized spacial score (nSPS) is 12.1. The smallest absolute Gasteiger partial charge is 0.326 e. The summed E-state index contributed by atoms with van der Waals surface area (Å²) in [7, 11) is 0.